The highest BCUT2D eigenvalue weighted by Gasteiger charge is 2.30. The molecule has 0 unspecified atom stereocenters. The van der Waals surface area contributed by atoms with Gasteiger partial charge in [-0.2, -0.15) is 0 Å². The number of halogens is 1. The molecule has 21 heavy (non-hydrogen) atoms. The average molecular weight is 315 g/mol. The number of hydrogen-bond acceptors (Lipinski definition) is 5. The number of rotatable bonds is 3. The summed E-state index contributed by atoms with van der Waals surface area (Å²) in [5, 5.41) is 11.3. The standard InChI is InChI=1S/C14H18N2O4.ClH/c15-14(9-4-2-1-3-5-9)10-6-12-13(20-8-19-12)7-11(10)16(17)18;/h6-7,9,14H,1-5,8,15H2;1H/t14-;/m1./s1. The van der Waals surface area contributed by atoms with E-state index < -0.39 is 0 Å². The Hall–Kier alpha value is -1.53. The van der Waals surface area contributed by atoms with Gasteiger partial charge in [0, 0.05) is 6.04 Å². The van der Waals surface area contributed by atoms with E-state index >= 15 is 0 Å². The molecule has 1 aliphatic heterocycles. The molecule has 1 aromatic rings. The molecule has 116 valence electrons. The van der Waals surface area contributed by atoms with Gasteiger partial charge in [-0.25, -0.2) is 0 Å². The van der Waals surface area contributed by atoms with E-state index in [0.717, 1.165) is 25.7 Å². The minimum absolute atomic E-state index is 0. The largest absolute Gasteiger partial charge is 0.454 e. The summed E-state index contributed by atoms with van der Waals surface area (Å²) in [7, 11) is 0. The maximum absolute atomic E-state index is 11.3. The zero-order valence-electron chi connectivity index (χ0n) is 11.6. The molecule has 1 atom stereocenters. The van der Waals surface area contributed by atoms with Crippen LogP contribution in [-0.2, 0) is 0 Å². The summed E-state index contributed by atoms with van der Waals surface area (Å²) in [6, 6.07) is 2.80. The summed E-state index contributed by atoms with van der Waals surface area (Å²) in [6.07, 6.45) is 5.60. The van der Waals surface area contributed by atoms with Crippen LogP contribution in [0.4, 0.5) is 5.69 Å². The smallest absolute Gasteiger partial charge is 0.278 e. The molecule has 0 spiro atoms. The van der Waals surface area contributed by atoms with Crippen LogP contribution in [-0.4, -0.2) is 11.7 Å². The molecule has 1 fully saturated rings. The van der Waals surface area contributed by atoms with Gasteiger partial charge in [-0.05, 0) is 24.8 Å². The Balaban J connectivity index is 0.00000161. The molecule has 0 radical (unpaired) electrons. The number of hydrogen-bond donors (Lipinski definition) is 1. The summed E-state index contributed by atoms with van der Waals surface area (Å²) in [6.45, 7) is 0.106. The van der Waals surface area contributed by atoms with Gasteiger partial charge >= 0.3 is 0 Å². The van der Waals surface area contributed by atoms with Gasteiger partial charge < -0.3 is 15.2 Å². The highest BCUT2D eigenvalue weighted by molar-refractivity contribution is 5.85. The van der Waals surface area contributed by atoms with Crippen molar-refractivity contribution in [1.29, 1.82) is 0 Å². The number of ether oxygens (including phenoxy) is 2. The molecule has 6 nitrogen and oxygen atoms in total. The third kappa shape index (κ3) is 3.06. The quantitative estimate of drug-likeness (QED) is 0.683. The average Bonchev–Trinajstić information content (AvgIpc) is 2.93. The first kappa shape index (κ1) is 15.9. The van der Waals surface area contributed by atoms with Crippen LogP contribution in [0.15, 0.2) is 12.1 Å². The van der Waals surface area contributed by atoms with Crippen LogP contribution in [0, 0.1) is 16.0 Å². The second-order valence-corrected chi connectivity index (χ2v) is 5.45. The summed E-state index contributed by atoms with van der Waals surface area (Å²) in [5.41, 5.74) is 6.90. The SMILES string of the molecule is Cl.N[C@@H](c1cc2c(cc1[N+](=O)[O-])OCO2)C1CCCCC1. The summed E-state index contributed by atoms with van der Waals surface area (Å²) in [4.78, 5) is 10.9. The fraction of sp³-hybridized carbons (Fsp3) is 0.571. The van der Waals surface area contributed by atoms with Crippen molar-refractivity contribution in [2.45, 2.75) is 38.1 Å². The Morgan fingerprint density at radius 3 is 2.43 bits per heavy atom. The van der Waals surface area contributed by atoms with Crippen molar-refractivity contribution in [3.63, 3.8) is 0 Å². The van der Waals surface area contributed by atoms with Crippen LogP contribution >= 0.6 is 12.4 Å². The maximum atomic E-state index is 11.3. The van der Waals surface area contributed by atoms with Crippen molar-refractivity contribution in [3.05, 3.63) is 27.8 Å². The second kappa shape index (κ2) is 6.49. The number of nitro benzene ring substituents is 1. The lowest BCUT2D eigenvalue weighted by atomic mass is 9.81. The molecule has 3 rings (SSSR count). The molecular formula is C14H19ClN2O4. The lowest BCUT2D eigenvalue weighted by Gasteiger charge is -2.27. The number of nitro groups is 1. The Kier molecular flexibility index (Phi) is 4.90. The lowest BCUT2D eigenvalue weighted by molar-refractivity contribution is -0.385. The summed E-state index contributed by atoms with van der Waals surface area (Å²) >= 11 is 0. The molecule has 0 saturated heterocycles. The Morgan fingerprint density at radius 2 is 1.81 bits per heavy atom. The van der Waals surface area contributed by atoms with Crippen molar-refractivity contribution in [2.75, 3.05) is 6.79 Å². The van der Waals surface area contributed by atoms with Gasteiger partial charge in [0.15, 0.2) is 11.5 Å². The number of fused-ring (bicyclic) bond motifs is 1. The Morgan fingerprint density at radius 1 is 1.19 bits per heavy atom. The van der Waals surface area contributed by atoms with Gasteiger partial charge in [-0.3, -0.25) is 10.1 Å². The van der Waals surface area contributed by atoms with Gasteiger partial charge in [-0.1, -0.05) is 19.3 Å². The number of nitrogens with two attached hydrogens (primary N) is 1. The van der Waals surface area contributed by atoms with Crippen molar-refractivity contribution in [3.8, 4) is 11.5 Å². The normalized spacial score (nSPS) is 18.9. The molecular weight excluding hydrogens is 296 g/mol. The maximum Gasteiger partial charge on any atom is 0.278 e. The monoisotopic (exact) mass is 314 g/mol. The van der Waals surface area contributed by atoms with E-state index in [2.05, 4.69) is 0 Å². The number of nitrogens with zero attached hydrogens (tertiary/aromatic N) is 1. The van der Waals surface area contributed by atoms with Gasteiger partial charge in [0.1, 0.15) is 0 Å². The third-order valence-electron chi connectivity index (χ3n) is 4.24. The Bertz CT molecular complexity index is 532. The van der Waals surface area contributed by atoms with E-state index in [-0.39, 0.29) is 35.9 Å². The Labute approximate surface area is 129 Å². The minimum Gasteiger partial charge on any atom is -0.454 e. The lowest BCUT2D eigenvalue weighted by Crippen LogP contribution is -2.24. The first-order valence-corrected chi connectivity index (χ1v) is 7.00. The van der Waals surface area contributed by atoms with Crippen molar-refractivity contribution in [1.82, 2.24) is 0 Å². The zero-order chi connectivity index (χ0) is 14.1. The molecule has 0 bridgehead atoms. The fourth-order valence-corrected chi connectivity index (χ4v) is 3.12. The third-order valence-corrected chi connectivity index (χ3v) is 4.24. The topological polar surface area (TPSA) is 87.6 Å². The van der Waals surface area contributed by atoms with Crippen LogP contribution in [0.2, 0.25) is 0 Å². The molecule has 2 aliphatic rings. The van der Waals surface area contributed by atoms with Gasteiger partial charge in [0.05, 0.1) is 16.6 Å². The predicted molar refractivity (Wildman–Crippen MR) is 80.0 cm³/mol. The van der Waals surface area contributed by atoms with Crippen molar-refractivity contribution in [2.24, 2.45) is 11.7 Å². The summed E-state index contributed by atoms with van der Waals surface area (Å²) < 4.78 is 10.5. The first-order valence-electron chi connectivity index (χ1n) is 7.00. The highest BCUT2D eigenvalue weighted by Crippen LogP contribution is 2.43. The molecule has 1 saturated carbocycles. The van der Waals surface area contributed by atoms with E-state index in [1.54, 1.807) is 6.07 Å². The van der Waals surface area contributed by atoms with E-state index in [1.165, 1.54) is 12.5 Å². The van der Waals surface area contributed by atoms with Gasteiger partial charge in [0.25, 0.3) is 5.69 Å². The molecule has 1 aliphatic carbocycles. The van der Waals surface area contributed by atoms with Crippen LogP contribution < -0.4 is 15.2 Å². The van der Waals surface area contributed by atoms with Crippen LogP contribution in [0.25, 0.3) is 0 Å². The van der Waals surface area contributed by atoms with Crippen LogP contribution in [0.1, 0.15) is 43.7 Å². The van der Waals surface area contributed by atoms with Crippen LogP contribution in [0.3, 0.4) is 0 Å². The predicted octanol–water partition coefficient (Wildman–Crippen LogP) is 3.33. The number of benzene rings is 1. The van der Waals surface area contributed by atoms with E-state index in [9.17, 15) is 10.1 Å². The molecule has 7 heteroatoms. The zero-order valence-corrected chi connectivity index (χ0v) is 12.4. The van der Waals surface area contributed by atoms with Gasteiger partial charge in [0.2, 0.25) is 6.79 Å². The first-order chi connectivity index (χ1) is 9.66. The van der Waals surface area contributed by atoms with Crippen molar-refractivity contribution >= 4 is 18.1 Å². The minimum atomic E-state index is -0.389. The van der Waals surface area contributed by atoms with Crippen molar-refractivity contribution < 1.29 is 14.4 Å². The molecule has 0 amide bonds. The summed E-state index contributed by atoms with van der Waals surface area (Å²) in [5.74, 6) is 1.29. The molecule has 1 heterocycles. The van der Waals surface area contributed by atoms with E-state index in [0.29, 0.717) is 23.0 Å². The van der Waals surface area contributed by atoms with E-state index in [4.69, 9.17) is 15.2 Å². The molecule has 0 aromatic heterocycles. The van der Waals surface area contributed by atoms with E-state index in [1.807, 2.05) is 0 Å². The molecule has 2 N–H and O–H groups in total. The van der Waals surface area contributed by atoms with Crippen LogP contribution in [0.5, 0.6) is 11.5 Å². The molecule has 1 aromatic carbocycles. The second-order valence-electron chi connectivity index (χ2n) is 5.45. The fourth-order valence-electron chi connectivity index (χ4n) is 3.12. The highest BCUT2D eigenvalue weighted by atomic mass is 35.5. The van der Waals surface area contributed by atoms with Gasteiger partial charge in [-0.15, -0.1) is 12.4 Å².